The van der Waals surface area contributed by atoms with Crippen molar-refractivity contribution in [3.05, 3.63) is 58.2 Å². The summed E-state index contributed by atoms with van der Waals surface area (Å²) < 4.78 is 16.9. The van der Waals surface area contributed by atoms with Gasteiger partial charge in [-0.1, -0.05) is 13.0 Å². The monoisotopic (exact) mass is 509 g/mol. The zero-order chi connectivity index (χ0) is 27.1. The van der Waals surface area contributed by atoms with Gasteiger partial charge in [-0.2, -0.15) is 0 Å². The molecule has 0 saturated carbocycles. The van der Waals surface area contributed by atoms with E-state index in [9.17, 15) is 9.59 Å². The predicted octanol–water partition coefficient (Wildman–Crippen LogP) is 5.17. The van der Waals surface area contributed by atoms with E-state index in [2.05, 4.69) is 19.9 Å². The summed E-state index contributed by atoms with van der Waals surface area (Å²) in [6.07, 6.45) is 5.30. The minimum absolute atomic E-state index is 0.0214. The van der Waals surface area contributed by atoms with Gasteiger partial charge in [-0.15, -0.1) is 0 Å². The van der Waals surface area contributed by atoms with Gasteiger partial charge in [0.2, 0.25) is 0 Å². The SMILES string of the molecule is CCN1C(=O)N2Cc3cc(OC)cc(OC)c3[C@@H](C)C=C2C1(C)CCN(C)C(=O)C1=C(C)OC(C)=CC1. The third-order valence-electron chi connectivity index (χ3n) is 7.94. The molecule has 0 radical (unpaired) electrons. The molecular formula is C29H39N3O5. The lowest BCUT2D eigenvalue weighted by atomic mass is 9.88. The number of nitrogens with zero attached hydrogens (tertiary/aromatic N) is 3. The molecule has 1 fully saturated rings. The van der Waals surface area contributed by atoms with Crippen LogP contribution < -0.4 is 9.47 Å². The maximum absolute atomic E-state index is 13.7. The number of methoxy groups -OCH3 is 2. The standard InChI is InChI=1S/C29H39N3O5/c1-9-32-28(34)31-17-21-15-22(35-7)16-24(36-8)26(21)18(2)14-25(31)29(32,5)12-13-30(6)27(33)23-11-10-19(3)37-20(23)4/h10,14-16,18H,9,11-13,17H2,1-8H3/t18-,29?/m0/s1. The van der Waals surface area contributed by atoms with Crippen LogP contribution in [0.3, 0.4) is 0 Å². The van der Waals surface area contributed by atoms with E-state index in [1.807, 2.05) is 55.8 Å². The van der Waals surface area contributed by atoms with Crippen LogP contribution in [0.15, 0.2) is 47.1 Å². The van der Waals surface area contributed by atoms with Crippen LogP contribution in [0.5, 0.6) is 11.5 Å². The summed E-state index contributed by atoms with van der Waals surface area (Å²) in [6, 6.07) is 3.87. The number of ether oxygens (including phenoxy) is 3. The van der Waals surface area contributed by atoms with Gasteiger partial charge in [-0.05, 0) is 51.8 Å². The average Bonchev–Trinajstić information content (AvgIpc) is 2.97. The summed E-state index contributed by atoms with van der Waals surface area (Å²) >= 11 is 0. The minimum Gasteiger partial charge on any atom is -0.497 e. The van der Waals surface area contributed by atoms with Crippen LogP contribution in [-0.4, -0.2) is 66.5 Å². The van der Waals surface area contributed by atoms with Crippen molar-refractivity contribution in [2.75, 3.05) is 34.4 Å². The highest BCUT2D eigenvalue weighted by Gasteiger charge is 2.51. The first-order chi connectivity index (χ1) is 17.5. The van der Waals surface area contributed by atoms with Crippen LogP contribution in [0.2, 0.25) is 0 Å². The zero-order valence-electron chi connectivity index (χ0n) is 23.3. The Balaban J connectivity index is 1.63. The van der Waals surface area contributed by atoms with Crippen molar-refractivity contribution in [3.8, 4) is 11.5 Å². The first-order valence-corrected chi connectivity index (χ1v) is 12.9. The molecule has 2 atom stereocenters. The Bertz CT molecular complexity index is 1200. The van der Waals surface area contributed by atoms with Crippen molar-refractivity contribution in [3.63, 3.8) is 0 Å². The second-order valence-corrected chi connectivity index (χ2v) is 10.3. The van der Waals surface area contributed by atoms with Gasteiger partial charge in [0.1, 0.15) is 17.3 Å². The first kappa shape index (κ1) is 26.6. The maximum Gasteiger partial charge on any atom is 0.325 e. The van der Waals surface area contributed by atoms with E-state index >= 15 is 0 Å². The molecule has 1 aromatic rings. The van der Waals surface area contributed by atoms with Gasteiger partial charge in [0, 0.05) is 49.8 Å². The van der Waals surface area contributed by atoms with Gasteiger partial charge in [0.15, 0.2) is 0 Å². The lowest BCUT2D eigenvalue weighted by Crippen LogP contribution is -2.46. The number of benzene rings is 1. The highest BCUT2D eigenvalue weighted by molar-refractivity contribution is 5.94. The topological polar surface area (TPSA) is 71.6 Å². The number of hydrogen-bond donors (Lipinski definition) is 0. The van der Waals surface area contributed by atoms with Crippen molar-refractivity contribution in [2.24, 2.45) is 0 Å². The molecule has 1 saturated heterocycles. The molecule has 200 valence electrons. The normalized spacial score (nSPS) is 23.0. The number of fused-ring (bicyclic) bond motifs is 2. The minimum atomic E-state index is -0.559. The fourth-order valence-corrected chi connectivity index (χ4v) is 5.83. The van der Waals surface area contributed by atoms with Crippen molar-refractivity contribution < 1.29 is 23.8 Å². The Hall–Kier alpha value is -3.42. The lowest BCUT2D eigenvalue weighted by Gasteiger charge is -2.36. The fourth-order valence-electron chi connectivity index (χ4n) is 5.83. The molecule has 1 aromatic carbocycles. The molecule has 8 nitrogen and oxygen atoms in total. The molecule has 3 amide bonds. The predicted molar refractivity (Wildman–Crippen MR) is 142 cm³/mol. The second-order valence-electron chi connectivity index (χ2n) is 10.3. The molecule has 0 spiro atoms. The zero-order valence-corrected chi connectivity index (χ0v) is 23.3. The van der Waals surface area contributed by atoms with Crippen molar-refractivity contribution in [2.45, 2.75) is 65.5 Å². The van der Waals surface area contributed by atoms with Crippen molar-refractivity contribution >= 4 is 11.9 Å². The Morgan fingerprint density at radius 1 is 1.24 bits per heavy atom. The molecule has 0 N–H and O–H groups in total. The van der Waals surface area contributed by atoms with Crippen molar-refractivity contribution in [1.29, 1.82) is 0 Å². The summed E-state index contributed by atoms with van der Waals surface area (Å²) in [5.74, 6) is 2.92. The van der Waals surface area contributed by atoms with E-state index < -0.39 is 5.54 Å². The second kappa shape index (κ2) is 10.1. The number of urea groups is 1. The highest BCUT2D eigenvalue weighted by atomic mass is 16.5. The Labute approximate surface area is 220 Å². The van der Waals surface area contributed by atoms with Gasteiger partial charge in [-0.3, -0.25) is 9.69 Å². The van der Waals surface area contributed by atoms with Gasteiger partial charge >= 0.3 is 6.03 Å². The summed E-state index contributed by atoms with van der Waals surface area (Å²) in [7, 11) is 5.11. The Morgan fingerprint density at radius 2 is 1.97 bits per heavy atom. The summed E-state index contributed by atoms with van der Waals surface area (Å²) in [6.45, 7) is 11.5. The van der Waals surface area contributed by atoms with E-state index in [1.165, 1.54) is 0 Å². The van der Waals surface area contributed by atoms with E-state index in [0.717, 1.165) is 28.3 Å². The third-order valence-corrected chi connectivity index (χ3v) is 7.94. The number of carbonyl (C=O) groups is 2. The molecule has 8 heteroatoms. The smallest absolute Gasteiger partial charge is 0.325 e. The largest absolute Gasteiger partial charge is 0.497 e. The summed E-state index contributed by atoms with van der Waals surface area (Å²) in [4.78, 5) is 32.5. The number of likely N-dealkylation sites (N-methyl/N-ethyl adjacent to an activating group) is 2. The van der Waals surface area contributed by atoms with Crippen LogP contribution in [0.1, 0.15) is 64.5 Å². The van der Waals surface area contributed by atoms with Crippen LogP contribution >= 0.6 is 0 Å². The summed E-state index contributed by atoms with van der Waals surface area (Å²) in [5.41, 5.74) is 3.17. The Morgan fingerprint density at radius 3 is 2.59 bits per heavy atom. The number of carbonyl (C=O) groups excluding carboxylic acids is 2. The molecule has 37 heavy (non-hydrogen) atoms. The summed E-state index contributed by atoms with van der Waals surface area (Å²) in [5, 5.41) is 0. The molecular weight excluding hydrogens is 470 g/mol. The van der Waals surface area contributed by atoms with Crippen molar-refractivity contribution in [1.82, 2.24) is 14.7 Å². The van der Waals surface area contributed by atoms with Crippen LogP contribution in [0, 0.1) is 0 Å². The molecule has 0 bridgehead atoms. The average molecular weight is 510 g/mol. The van der Waals surface area contributed by atoms with Gasteiger partial charge in [0.05, 0.1) is 37.6 Å². The van der Waals surface area contributed by atoms with E-state index in [1.54, 1.807) is 19.1 Å². The number of allylic oxidation sites excluding steroid dienone is 4. The van der Waals surface area contributed by atoms with Gasteiger partial charge in [-0.25, -0.2) is 4.79 Å². The van der Waals surface area contributed by atoms with E-state index in [-0.39, 0.29) is 17.9 Å². The molecule has 0 aromatic heterocycles. The number of hydrogen-bond acceptors (Lipinski definition) is 5. The molecule has 3 heterocycles. The van der Waals surface area contributed by atoms with Crippen LogP contribution in [0.25, 0.3) is 0 Å². The molecule has 3 aliphatic rings. The molecule has 3 aliphatic heterocycles. The Kier molecular flexibility index (Phi) is 7.31. The number of amides is 3. The van der Waals surface area contributed by atoms with E-state index in [4.69, 9.17) is 14.2 Å². The highest BCUT2D eigenvalue weighted by Crippen LogP contribution is 2.46. The maximum atomic E-state index is 13.7. The number of rotatable bonds is 7. The molecule has 0 aliphatic carbocycles. The quantitative estimate of drug-likeness (QED) is 0.507. The van der Waals surface area contributed by atoms with Gasteiger partial charge in [0.25, 0.3) is 5.91 Å². The third kappa shape index (κ3) is 4.58. The van der Waals surface area contributed by atoms with E-state index in [0.29, 0.717) is 49.6 Å². The molecule has 4 rings (SSSR count). The van der Waals surface area contributed by atoms with Crippen LogP contribution in [0.4, 0.5) is 4.79 Å². The fraction of sp³-hybridized carbons (Fsp3) is 0.517. The van der Waals surface area contributed by atoms with Gasteiger partial charge < -0.3 is 24.0 Å². The lowest BCUT2D eigenvalue weighted by molar-refractivity contribution is -0.126. The molecule has 1 unspecified atom stereocenters. The van der Waals surface area contributed by atoms with Crippen LogP contribution in [-0.2, 0) is 16.1 Å². The first-order valence-electron chi connectivity index (χ1n) is 12.9.